The van der Waals surface area contributed by atoms with Gasteiger partial charge in [-0.05, 0) is 37.3 Å². The first-order valence-electron chi connectivity index (χ1n) is 10.1. The summed E-state index contributed by atoms with van der Waals surface area (Å²) < 4.78 is 17.2. The quantitative estimate of drug-likeness (QED) is 0.459. The van der Waals surface area contributed by atoms with E-state index < -0.39 is 11.7 Å². The summed E-state index contributed by atoms with van der Waals surface area (Å²) in [6, 6.07) is 20.6. The number of nitrogens with one attached hydrogen (secondary N) is 1. The van der Waals surface area contributed by atoms with Crippen LogP contribution >= 0.6 is 0 Å². The average molecular weight is 426 g/mol. The van der Waals surface area contributed by atoms with Gasteiger partial charge in [-0.15, -0.1) is 0 Å². The number of amides is 1. The van der Waals surface area contributed by atoms with Gasteiger partial charge >= 0.3 is 0 Å². The number of fused-ring (bicyclic) bond motifs is 3. The van der Waals surface area contributed by atoms with Crippen molar-refractivity contribution in [1.82, 2.24) is 14.3 Å². The lowest BCUT2D eigenvalue weighted by Gasteiger charge is -2.11. The molecule has 0 unspecified atom stereocenters. The number of anilines is 1. The van der Waals surface area contributed by atoms with Gasteiger partial charge in [-0.2, -0.15) is 9.78 Å². The number of nitrogens with zero attached hydrogens (tertiary/aromatic N) is 3. The standard InChI is InChI=1S/C25H19FN4O2/c1-15-11-13-16(14-12-15)30-25(32)23-21(17-7-3-6-10-20(17)29(23)2)22(28-30)24(31)27-19-9-5-4-8-18(19)26/h3-14H,1-2H3,(H,27,31). The highest BCUT2D eigenvalue weighted by Gasteiger charge is 2.24. The second-order valence-corrected chi connectivity index (χ2v) is 7.63. The average Bonchev–Trinajstić information content (AvgIpc) is 3.10. The molecule has 1 N–H and O–H groups in total. The third kappa shape index (κ3) is 3.06. The first kappa shape index (κ1) is 19.7. The van der Waals surface area contributed by atoms with Gasteiger partial charge in [0.25, 0.3) is 11.5 Å². The fraction of sp³-hybridized carbons (Fsp3) is 0.0800. The predicted octanol–water partition coefficient (Wildman–Crippen LogP) is 4.58. The molecule has 0 aliphatic heterocycles. The Morgan fingerprint density at radius 3 is 2.41 bits per heavy atom. The predicted molar refractivity (Wildman–Crippen MR) is 123 cm³/mol. The Hall–Kier alpha value is -4.26. The maximum atomic E-state index is 14.2. The van der Waals surface area contributed by atoms with E-state index in [4.69, 9.17) is 0 Å². The topological polar surface area (TPSA) is 68.9 Å². The first-order chi connectivity index (χ1) is 15.5. The molecular formula is C25H19FN4O2. The fourth-order valence-corrected chi connectivity index (χ4v) is 3.94. The van der Waals surface area contributed by atoms with Gasteiger partial charge in [0.15, 0.2) is 5.69 Å². The Balaban J connectivity index is 1.82. The van der Waals surface area contributed by atoms with E-state index in [1.165, 1.54) is 16.8 Å². The largest absolute Gasteiger partial charge is 0.339 e. The van der Waals surface area contributed by atoms with E-state index >= 15 is 0 Å². The number of para-hydroxylation sites is 2. The van der Waals surface area contributed by atoms with Gasteiger partial charge < -0.3 is 9.88 Å². The summed E-state index contributed by atoms with van der Waals surface area (Å²) >= 11 is 0. The van der Waals surface area contributed by atoms with Gasteiger partial charge in [-0.3, -0.25) is 9.59 Å². The Kier molecular flexibility index (Phi) is 4.59. The summed E-state index contributed by atoms with van der Waals surface area (Å²) in [6.45, 7) is 1.94. The number of carbonyl (C=O) groups is 1. The zero-order valence-corrected chi connectivity index (χ0v) is 17.5. The van der Waals surface area contributed by atoms with Crippen LogP contribution in [-0.4, -0.2) is 20.3 Å². The molecule has 0 saturated carbocycles. The van der Waals surface area contributed by atoms with Crippen molar-refractivity contribution in [3.8, 4) is 5.69 Å². The molecule has 3 aromatic carbocycles. The molecule has 0 aliphatic carbocycles. The monoisotopic (exact) mass is 426 g/mol. The van der Waals surface area contributed by atoms with Crippen molar-refractivity contribution >= 4 is 33.4 Å². The van der Waals surface area contributed by atoms with E-state index in [0.717, 1.165) is 16.5 Å². The van der Waals surface area contributed by atoms with Gasteiger partial charge in [-0.1, -0.05) is 48.0 Å². The van der Waals surface area contributed by atoms with E-state index in [1.54, 1.807) is 35.9 Å². The number of carbonyl (C=O) groups excluding carboxylic acids is 1. The molecule has 2 heterocycles. The molecule has 0 atom stereocenters. The fourth-order valence-electron chi connectivity index (χ4n) is 3.94. The second-order valence-electron chi connectivity index (χ2n) is 7.63. The molecule has 5 aromatic rings. The van der Waals surface area contributed by atoms with E-state index in [0.29, 0.717) is 16.6 Å². The lowest BCUT2D eigenvalue weighted by molar-refractivity contribution is 0.102. The molecule has 2 aromatic heterocycles. The highest BCUT2D eigenvalue weighted by Crippen LogP contribution is 2.29. The van der Waals surface area contributed by atoms with Gasteiger partial charge in [0, 0.05) is 23.3 Å². The van der Waals surface area contributed by atoms with Gasteiger partial charge in [-0.25, -0.2) is 4.39 Å². The smallest absolute Gasteiger partial charge is 0.296 e. The van der Waals surface area contributed by atoms with Crippen molar-refractivity contribution in [2.45, 2.75) is 6.92 Å². The summed E-state index contributed by atoms with van der Waals surface area (Å²) in [6.07, 6.45) is 0. The Labute approximate surface area is 182 Å². The van der Waals surface area contributed by atoms with Crippen LogP contribution in [0.25, 0.3) is 27.5 Å². The molecule has 5 rings (SSSR count). The molecular weight excluding hydrogens is 407 g/mol. The van der Waals surface area contributed by atoms with Crippen molar-refractivity contribution in [2.24, 2.45) is 7.05 Å². The zero-order valence-electron chi connectivity index (χ0n) is 17.5. The van der Waals surface area contributed by atoms with Crippen molar-refractivity contribution in [1.29, 1.82) is 0 Å². The minimum Gasteiger partial charge on any atom is -0.339 e. The third-order valence-corrected chi connectivity index (χ3v) is 5.55. The highest BCUT2D eigenvalue weighted by atomic mass is 19.1. The number of hydrogen-bond acceptors (Lipinski definition) is 3. The van der Waals surface area contributed by atoms with E-state index in [9.17, 15) is 14.0 Å². The molecule has 158 valence electrons. The van der Waals surface area contributed by atoms with E-state index in [2.05, 4.69) is 10.4 Å². The Morgan fingerprint density at radius 2 is 1.66 bits per heavy atom. The van der Waals surface area contributed by atoms with Crippen LogP contribution in [0, 0.1) is 12.7 Å². The number of hydrogen-bond donors (Lipinski definition) is 1. The van der Waals surface area contributed by atoms with Crippen LogP contribution in [0.2, 0.25) is 0 Å². The number of rotatable bonds is 3. The number of benzene rings is 3. The SMILES string of the molecule is Cc1ccc(-n2nc(C(=O)Nc3ccccc3F)c3c4ccccc4n(C)c3c2=O)cc1. The van der Waals surface area contributed by atoms with Crippen LogP contribution in [0.5, 0.6) is 0 Å². The summed E-state index contributed by atoms with van der Waals surface area (Å²) in [5, 5.41) is 8.21. The number of aromatic nitrogens is 3. The molecule has 0 radical (unpaired) electrons. The van der Waals surface area contributed by atoms with Crippen molar-refractivity contribution < 1.29 is 9.18 Å². The van der Waals surface area contributed by atoms with Gasteiger partial charge in [0.1, 0.15) is 11.3 Å². The zero-order chi connectivity index (χ0) is 22.4. The number of halogens is 1. The van der Waals surface area contributed by atoms with E-state index in [1.807, 2.05) is 43.3 Å². The lowest BCUT2D eigenvalue weighted by atomic mass is 10.1. The summed E-state index contributed by atoms with van der Waals surface area (Å²) in [5.41, 5.74) is 2.45. The summed E-state index contributed by atoms with van der Waals surface area (Å²) in [5.74, 6) is -1.15. The van der Waals surface area contributed by atoms with Gasteiger partial charge in [0.05, 0.1) is 11.4 Å². The maximum absolute atomic E-state index is 14.2. The molecule has 32 heavy (non-hydrogen) atoms. The third-order valence-electron chi connectivity index (χ3n) is 5.55. The summed E-state index contributed by atoms with van der Waals surface area (Å²) in [4.78, 5) is 26.8. The molecule has 6 nitrogen and oxygen atoms in total. The second kappa shape index (κ2) is 7.46. The molecule has 7 heteroatoms. The molecule has 0 spiro atoms. The Morgan fingerprint density at radius 1 is 0.969 bits per heavy atom. The lowest BCUT2D eigenvalue weighted by Crippen LogP contribution is -2.27. The maximum Gasteiger partial charge on any atom is 0.296 e. The van der Waals surface area contributed by atoms with Crippen LogP contribution in [0.4, 0.5) is 10.1 Å². The molecule has 0 saturated heterocycles. The van der Waals surface area contributed by atoms with Crippen molar-refractivity contribution in [2.75, 3.05) is 5.32 Å². The van der Waals surface area contributed by atoms with Crippen LogP contribution in [-0.2, 0) is 7.05 Å². The molecule has 0 aliphatic rings. The minimum atomic E-state index is -0.600. The normalized spacial score (nSPS) is 11.2. The van der Waals surface area contributed by atoms with Crippen LogP contribution in [0.15, 0.2) is 77.6 Å². The van der Waals surface area contributed by atoms with Crippen molar-refractivity contribution in [3.05, 3.63) is 100 Å². The molecule has 1 amide bonds. The van der Waals surface area contributed by atoms with E-state index in [-0.39, 0.29) is 16.9 Å². The summed E-state index contributed by atoms with van der Waals surface area (Å²) in [7, 11) is 1.78. The van der Waals surface area contributed by atoms with Crippen LogP contribution in [0.1, 0.15) is 16.1 Å². The Bertz CT molecular complexity index is 1570. The van der Waals surface area contributed by atoms with Crippen molar-refractivity contribution in [3.63, 3.8) is 0 Å². The van der Waals surface area contributed by atoms with Crippen LogP contribution in [0.3, 0.4) is 0 Å². The van der Waals surface area contributed by atoms with Gasteiger partial charge in [0.2, 0.25) is 0 Å². The first-order valence-corrected chi connectivity index (χ1v) is 10.1. The molecule has 0 bridgehead atoms. The highest BCUT2D eigenvalue weighted by molar-refractivity contribution is 6.19. The van der Waals surface area contributed by atoms with Crippen LogP contribution < -0.4 is 10.9 Å². The molecule has 0 fully saturated rings. The number of aryl methyl sites for hydroxylation is 2. The minimum absolute atomic E-state index is 0.0419.